The third kappa shape index (κ3) is 5.45. The number of carboxylic acids is 2. The zero-order valence-electron chi connectivity index (χ0n) is 23.2. The van der Waals surface area contributed by atoms with Gasteiger partial charge in [0.15, 0.2) is 17.5 Å². The summed E-state index contributed by atoms with van der Waals surface area (Å²) in [5.41, 5.74) is 2.09. The fraction of sp³-hybridized carbons (Fsp3) is 0.290. The van der Waals surface area contributed by atoms with Crippen LogP contribution in [0.15, 0.2) is 54.6 Å². The summed E-state index contributed by atoms with van der Waals surface area (Å²) in [5, 5.41) is 32.1. The van der Waals surface area contributed by atoms with E-state index in [1.165, 1.54) is 32.4 Å². The number of rotatable bonds is 9. The predicted octanol–water partition coefficient (Wildman–Crippen LogP) is 5.19. The Balaban J connectivity index is 1.53. The van der Waals surface area contributed by atoms with E-state index in [2.05, 4.69) is 9.88 Å². The second-order valence-corrected chi connectivity index (χ2v) is 10.2. The van der Waals surface area contributed by atoms with E-state index in [4.69, 9.17) is 14.5 Å². The monoisotopic (exact) mass is 573 g/mol. The van der Waals surface area contributed by atoms with Crippen molar-refractivity contribution in [1.82, 2.24) is 14.9 Å². The van der Waals surface area contributed by atoms with Crippen molar-refractivity contribution < 1.29 is 39.2 Å². The van der Waals surface area contributed by atoms with E-state index in [-0.39, 0.29) is 22.9 Å². The van der Waals surface area contributed by atoms with Crippen LogP contribution >= 0.6 is 0 Å². The van der Waals surface area contributed by atoms with Crippen molar-refractivity contribution in [3.05, 3.63) is 71.3 Å². The summed E-state index contributed by atoms with van der Waals surface area (Å²) < 4.78 is 12.6. The molecule has 0 spiro atoms. The number of hydrogen-bond acceptors (Lipinski definition) is 7. The van der Waals surface area contributed by atoms with Crippen LogP contribution < -0.4 is 14.8 Å². The molecule has 1 aliphatic carbocycles. The molecule has 4 aromatic rings. The molecule has 11 heteroatoms. The molecule has 42 heavy (non-hydrogen) atoms. The summed E-state index contributed by atoms with van der Waals surface area (Å²) >= 11 is 0. The van der Waals surface area contributed by atoms with Gasteiger partial charge in [-0.05, 0) is 66.9 Å². The van der Waals surface area contributed by atoms with Crippen molar-refractivity contribution in [3.63, 3.8) is 0 Å². The van der Waals surface area contributed by atoms with Gasteiger partial charge in [-0.15, -0.1) is 0 Å². The van der Waals surface area contributed by atoms with E-state index < -0.39 is 23.9 Å². The summed E-state index contributed by atoms with van der Waals surface area (Å²) in [6.07, 6.45) is 5.09. The number of carbonyl (C=O) groups is 3. The Kier molecular flexibility index (Phi) is 8.01. The van der Waals surface area contributed by atoms with Gasteiger partial charge in [0.1, 0.15) is 17.1 Å². The SMILES string of the molecule is COc1ccc(C(NC(=O)c2ccc3c(c2)nc(-c2ccc(O)c(C(=O)O)c2)n3C2CCCCC2)C(=O)O)cc1OC. The van der Waals surface area contributed by atoms with E-state index in [1.54, 1.807) is 36.4 Å². The molecule has 4 N–H and O–H groups in total. The summed E-state index contributed by atoms with van der Waals surface area (Å²) in [4.78, 5) is 42.0. The van der Waals surface area contributed by atoms with Crippen molar-refractivity contribution in [1.29, 1.82) is 0 Å². The molecule has 1 amide bonds. The number of methoxy groups -OCH3 is 2. The molecular formula is C31H31N3O8. The number of aromatic carboxylic acids is 1. The Morgan fingerprint density at radius 3 is 2.33 bits per heavy atom. The zero-order chi connectivity index (χ0) is 30.0. The Morgan fingerprint density at radius 2 is 1.67 bits per heavy atom. The first-order valence-corrected chi connectivity index (χ1v) is 13.6. The first-order chi connectivity index (χ1) is 20.2. The van der Waals surface area contributed by atoms with E-state index in [9.17, 15) is 29.7 Å². The number of amides is 1. The van der Waals surface area contributed by atoms with Gasteiger partial charge in [0.2, 0.25) is 0 Å². The molecule has 1 fully saturated rings. The van der Waals surface area contributed by atoms with Gasteiger partial charge in [-0.2, -0.15) is 0 Å². The van der Waals surface area contributed by atoms with Crippen LogP contribution in [0.25, 0.3) is 22.4 Å². The standard InChI is InChI=1S/C31H31N3O8/c1-41-25-13-10-17(16-26(25)42-2)27(31(39)40)33-29(36)19-8-11-23-22(15-19)32-28(34(23)20-6-4-3-5-7-20)18-9-12-24(35)21(14-18)30(37)38/h8-16,20,27,35H,3-7H2,1-2H3,(H,33,36)(H,37,38)(H,39,40). The second-order valence-electron chi connectivity index (χ2n) is 10.2. The van der Waals surface area contributed by atoms with Crippen molar-refractivity contribution in [2.45, 2.75) is 44.2 Å². The number of benzene rings is 3. The highest BCUT2D eigenvalue weighted by atomic mass is 16.5. The lowest BCUT2D eigenvalue weighted by Gasteiger charge is -2.25. The molecule has 0 aliphatic heterocycles. The number of aliphatic carboxylic acids is 1. The van der Waals surface area contributed by atoms with Crippen molar-refractivity contribution in [2.24, 2.45) is 0 Å². The molecule has 1 unspecified atom stereocenters. The van der Waals surface area contributed by atoms with Gasteiger partial charge in [0.05, 0.1) is 25.3 Å². The lowest BCUT2D eigenvalue weighted by molar-refractivity contribution is -0.139. The average molecular weight is 574 g/mol. The number of carboxylic acid groups (broad SMARTS) is 2. The van der Waals surface area contributed by atoms with Crippen molar-refractivity contribution in [3.8, 4) is 28.6 Å². The molecule has 1 heterocycles. The number of carbonyl (C=O) groups excluding carboxylic acids is 1. The number of fused-ring (bicyclic) bond motifs is 1. The Bertz CT molecular complexity index is 1670. The minimum Gasteiger partial charge on any atom is -0.507 e. The largest absolute Gasteiger partial charge is 0.507 e. The number of imidazole rings is 1. The fourth-order valence-electron chi connectivity index (χ4n) is 5.53. The molecule has 5 rings (SSSR count). The third-order valence-corrected chi connectivity index (χ3v) is 7.64. The van der Waals surface area contributed by atoms with Gasteiger partial charge >= 0.3 is 11.9 Å². The second kappa shape index (κ2) is 11.8. The minimum atomic E-state index is -1.35. The highest BCUT2D eigenvalue weighted by molar-refractivity contribution is 6.00. The topological polar surface area (TPSA) is 160 Å². The number of phenols is 1. The minimum absolute atomic E-state index is 0.127. The van der Waals surface area contributed by atoms with Gasteiger partial charge in [-0.25, -0.2) is 14.6 Å². The fourth-order valence-corrected chi connectivity index (χ4v) is 5.53. The molecular weight excluding hydrogens is 542 g/mol. The lowest BCUT2D eigenvalue weighted by Crippen LogP contribution is -2.33. The summed E-state index contributed by atoms with van der Waals surface area (Å²) in [7, 11) is 2.91. The molecule has 0 saturated heterocycles. The molecule has 1 saturated carbocycles. The Labute approximate surface area is 241 Å². The summed E-state index contributed by atoms with van der Waals surface area (Å²) in [6, 6.07) is 12.7. The van der Waals surface area contributed by atoms with Crippen LogP contribution in [0.3, 0.4) is 0 Å². The lowest BCUT2D eigenvalue weighted by atomic mass is 9.94. The van der Waals surface area contributed by atoms with Crippen LogP contribution in [0.5, 0.6) is 17.2 Å². The Morgan fingerprint density at radius 1 is 0.929 bits per heavy atom. The van der Waals surface area contributed by atoms with Crippen LogP contribution in [0.2, 0.25) is 0 Å². The highest BCUT2D eigenvalue weighted by Crippen LogP contribution is 2.37. The molecule has 3 aromatic carbocycles. The van der Waals surface area contributed by atoms with Gasteiger partial charge in [-0.1, -0.05) is 25.3 Å². The normalized spacial score (nSPS) is 14.3. The van der Waals surface area contributed by atoms with Gasteiger partial charge in [0.25, 0.3) is 5.91 Å². The zero-order valence-corrected chi connectivity index (χ0v) is 23.2. The number of aromatic hydroxyl groups is 1. The van der Waals surface area contributed by atoms with Crippen LogP contribution in [-0.4, -0.2) is 56.9 Å². The average Bonchev–Trinajstić information content (AvgIpc) is 3.38. The molecule has 1 atom stereocenters. The number of nitrogens with one attached hydrogen (secondary N) is 1. The van der Waals surface area contributed by atoms with E-state index in [0.29, 0.717) is 34.0 Å². The van der Waals surface area contributed by atoms with E-state index in [0.717, 1.165) is 37.6 Å². The van der Waals surface area contributed by atoms with Crippen molar-refractivity contribution >= 4 is 28.9 Å². The molecule has 0 radical (unpaired) electrons. The number of ether oxygens (including phenoxy) is 2. The molecule has 11 nitrogen and oxygen atoms in total. The smallest absolute Gasteiger partial charge is 0.339 e. The van der Waals surface area contributed by atoms with Crippen LogP contribution in [0, 0.1) is 0 Å². The van der Waals surface area contributed by atoms with Crippen LogP contribution in [0.4, 0.5) is 0 Å². The maximum Gasteiger partial charge on any atom is 0.339 e. The van der Waals surface area contributed by atoms with Crippen LogP contribution in [-0.2, 0) is 4.79 Å². The number of hydrogen-bond donors (Lipinski definition) is 4. The quantitative estimate of drug-likeness (QED) is 0.211. The van der Waals surface area contributed by atoms with Gasteiger partial charge in [0, 0.05) is 17.2 Å². The van der Waals surface area contributed by atoms with E-state index in [1.807, 2.05) is 0 Å². The first-order valence-electron chi connectivity index (χ1n) is 13.6. The maximum atomic E-state index is 13.3. The molecule has 0 bridgehead atoms. The summed E-state index contributed by atoms with van der Waals surface area (Å²) in [6.45, 7) is 0. The number of aromatic nitrogens is 2. The molecule has 1 aromatic heterocycles. The molecule has 1 aliphatic rings. The van der Waals surface area contributed by atoms with Crippen molar-refractivity contribution in [2.75, 3.05) is 14.2 Å². The number of nitrogens with zero attached hydrogens (tertiary/aromatic N) is 2. The van der Waals surface area contributed by atoms with Gasteiger partial charge < -0.3 is 34.7 Å². The third-order valence-electron chi connectivity index (χ3n) is 7.64. The maximum absolute atomic E-state index is 13.3. The molecule has 218 valence electrons. The first kappa shape index (κ1) is 28.5. The van der Waals surface area contributed by atoms with Gasteiger partial charge in [-0.3, -0.25) is 4.79 Å². The summed E-state index contributed by atoms with van der Waals surface area (Å²) in [5.74, 6) is -2.16. The Hall–Kier alpha value is -5.06. The predicted molar refractivity (Wildman–Crippen MR) is 153 cm³/mol. The highest BCUT2D eigenvalue weighted by Gasteiger charge is 2.27. The van der Waals surface area contributed by atoms with Crippen LogP contribution in [0.1, 0.15) is 70.5 Å². The van der Waals surface area contributed by atoms with E-state index >= 15 is 0 Å².